The molecule has 0 saturated carbocycles. The van der Waals surface area contributed by atoms with Gasteiger partial charge in [-0.25, -0.2) is 26.3 Å². The summed E-state index contributed by atoms with van der Waals surface area (Å²) in [6.07, 6.45) is 0. The lowest BCUT2D eigenvalue weighted by Gasteiger charge is -2.26. The summed E-state index contributed by atoms with van der Waals surface area (Å²) < 4.78 is 95.7. The molecule has 0 atom stereocenters. The van der Waals surface area contributed by atoms with Gasteiger partial charge in [-0.2, -0.15) is 0 Å². The second-order valence-electron chi connectivity index (χ2n) is 31.5. The molecule has 0 aliphatic rings. The standard InChI is InChI=1S/C60H36F5N3.C54H36FN3/c61-56-55(57(62)59(64)60(65)58(56)63)39-23-31-46(32-24-39)66(44-27-19-37(20-28-44)40-26-34-53-50(35-40)48-16-8-10-18-52(48)67(53)42-11-3-1-4-12-42)45-29-21-38(22-30-45)41-25-33-49-47-15-7-9-17-51(47)68(54(49)36-41)43-13-5-2-6-14-43;55-41-26-19-37(20-27-41)38-21-28-44(29-22-38)56(46-32-33-49-47-15-7-9-17-51(47)58(54(49)36-46)43-13-5-2-6-14-43)45-30-23-39(24-31-45)40-25-34-53-50(35-40)48-16-8-10-18-52(48)57(53)42-11-3-1-4-12-42/h1-36H;1-36H. The van der Waals surface area contributed by atoms with Crippen LogP contribution < -0.4 is 9.80 Å². The van der Waals surface area contributed by atoms with Crippen molar-refractivity contribution in [3.05, 3.63) is 472 Å². The first-order valence-electron chi connectivity index (χ1n) is 41.7. The van der Waals surface area contributed by atoms with Crippen LogP contribution in [0, 0.1) is 34.9 Å². The van der Waals surface area contributed by atoms with E-state index in [9.17, 15) is 26.3 Å². The van der Waals surface area contributed by atoms with Crippen molar-refractivity contribution in [1.29, 1.82) is 0 Å². The fraction of sp³-hybridized carbons (Fsp3) is 0. The predicted octanol–water partition coefficient (Wildman–Crippen LogP) is 31.9. The number of rotatable bonds is 15. The van der Waals surface area contributed by atoms with Crippen LogP contribution in [0.1, 0.15) is 0 Å². The Labute approximate surface area is 721 Å². The zero-order valence-electron chi connectivity index (χ0n) is 67.5. The summed E-state index contributed by atoms with van der Waals surface area (Å²) in [5, 5.41) is 9.47. The average Bonchev–Trinajstić information content (AvgIpc) is 1.59. The largest absolute Gasteiger partial charge is 0.311 e. The van der Waals surface area contributed by atoms with Gasteiger partial charge in [0.15, 0.2) is 23.3 Å². The number of anilines is 6. The Morgan fingerprint density at radius 3 is 0.746 bits per heavy atom. The zero-order chi connectivity index (χ0) is 84.6. The molecule has 0 amide bonds. The quantitative estimate of drug-likeness (QED) is 0.0581. The number of halogens is 6. The summed E-state index contributed by atoms with van der Waals surface area (Å²) in [6, 6.07) is 149. The highest BCUT2D eigenvalue weighted by molar-refractivity contribution is 6.14. The van der Waals surface area contributed by atoms with Gasteiger partial charge in [-0.1, -0.05) is 249 Å². The third-order valence-corrected chi connectivity index (χ3v) is 24.3. The molecule has 23 rings (SSSR count). The normalized spacial score (nSPS) is 11.6. The minimum atomic E-state index is -2.20. The molecule has 0 saturated heterocycles. The van der Waals surface area contributed by atoms with E-state index >= 15 is 0 Å². The highest BCUT2D eigenvalue weighted by atomic mass is 19.2. The van der Waals surface area contributed by atoms with Gasteiger partial charge in [-0.15, -0.1) is 0 Å². The van der Waals surface area contributed by atoms with Crippen LogP contribution in [-0.4, -0.2) is 18.3 Å². The van der Waals surface area contributed by atoms with Crippen molar-refractivity contribution in [2.45, 2.75) is 0 Å². The summed E-state index contributed by atoms with van der Waals surface area (Å²) in [5.74, 6) is -10.2. The summed E-state index contributed by atoms with van der Waals surface area (Å²) >= 11 is 0. The summed E-state index contributed by atoms with van der Waals surface area (Å²) in [7, 11) is 0. The van der Waals surface area contributed by atoms with Crippen LogP contribution in [-0.2, 0) is 0 Å². The number of fused-ring (bicyclic) bond motifs is 12. The van der Waals surface area contributed by atoms with Gasteiger partial charge < -0.3 is 28.1 Å². The van der Waals surface area contributed by atoms with E-state index in [1.54, 1.807) is 12.1 Å². The second-order valence-corrected chi connectivity index (χ2v) is 31.5. The van der Waals surface area contributed by atoms with E-state index in [1.165, 1.54) is 67.9 Å². The van der Waals surface area contributed by atoms with Crippen LogP contribution >= 0.6 is 0 Å². The number of aromatic nitrogens is 4. The maximum Gasteiger partial charge on any atom is 0.200 e. The van der Waals surface area contributed by atoms with Crippen LogP contribution in [0.2, 0.25) is 0 Å². The first-order chi connectivity index (χ1) is 62.0. The van der Waals surface area contributed by atoms with Crippen LogP contribution in [0.5, 0.6) is 0 Å². The molecule has 0 unspecified atom stereocenters. The van der Waals surface area contributed by atoms with Crippen LogP contribution in [0.3, 0.4) is 0 Å². The zero-order valence-corrected chi connectivity index (χ0v) is 67.5. The van der Waals surface area contributed by atoms with Crippen molar-refractivity contribution >= 4 is 121 Å². The molecule has 0 aliphatic heterocycles. The molecule has 600 valence electrons. The van der Waals surface area contributed by atoms with Gasteiger partial charge in [0, 0.05) is 100.0 Å². The number of para-hydroxylation sites is 8. The van der Waals surface area contributed by atoms with E-state index in [0.29, 0.717) is 5.69 Å². The van der Waals surface area contributed by atoms with Crippen molar-refractivity contribution in [2.24, 2.45) is 0 Å². The van der Waals surface area contributed by atoms with E-state index in [1.807, 2.05) is 77.7 Å². The third kappa shape index (κ3) is 13.3. The minimum Gasteiger partial charge on any atom is -0.311 e. The number of nitrogens with zero attached hydrogens (tertiary/aromatic N) is 6. The number of hydrogen-bond acceptors (Lipinski definition) is 2. The summed E-state index contributed by atoms with van der Waals surface area (Å²) in [6.45, 7) is 0. The Bertz CT molecular complexity index is 8060. The molecule has 4 aromatic heterocycles. The average molecular weight is 1640 g/mol. The Morgan fingerprint density at radius 1 is 0.151 bits per heavy atom. The minimum absolute atomic E-state index is 0.153. The van der Waals surface area contributed by atoms with E-state index in [0.717, 1.165) is 139 Å². The van der Waals surface area contributed by atoms with E-state index in [-0.39, 0.29) is 11.4 Å². The monoisotopic (exact) mass is 1640 g/mol. The molecule has 0 spiro atoms. The third-order valence-electron chi connectivity index (χ3n) is 24.3. The van der Waals surface area contributed by atoms with Crippen LogP contribution in [0.15, 0.2) is 437 Å². The molecular formula is C114H72F6N6. The SMILES string of the molecule is Fc1c(F)c(F)c(-c2ccc(N(c3ccc(-c4ccc5c(c4)c4ccccc4n5-c4ccccc4)cc3)c3ccc(-c4ccc5c6ccccc6n(-c6ccccc6)c5c4)cc3)cc2)c(F)c1F.Fc1ccc(-c2ccc(N(c3ccc(-c4ccc5c(c4)c4ccccc4n5-c4ccccc4)cc3)c3ccc4c5ccccc5n(-c5ccccc5)c4c3)cc2)cc1. The Kier molecular flexibility index (Phi) is 19.0. The Morgan fingerprint density at radius 2 is 0.381 bits per heavy atom. The topological polar surface area (TPSA) is 26.2 Å². The van der Waals surface area contributed by atoms with Gasteiger partial charge >= 0.3 is 0 Å². The molecule has 0 aliphatic carbocycles. The maximum atomic E-state index is 15.0. The lowest BCUT2D eigenvalue weighted by atomic mass is 10.0. The smallest absolute Gasteiger partial charge is 0.200 e. The van der Waals surface area contributed by atoms with Crippen molar-refractivity contribution in [3.8, 4) is 78.4 Å². The molecule has 0 N–H and O–H groups in total. The van der Waals surface area contributed by atoms with Crippen molar-refractivity contribution in [1.82, 2.24) is 18.3 Å². The Hall–Kier alpha value is -16.4. The van der Waals surface area contributed by atoms with Gasteiger partial charge in [-0.3, -0.25) is 0 Å². The molecule has 0 radical (unpaired) electrons. The van der Waals surface area contributed by atoms with E-state index in [4.69, 9.17) is 0 Å². The van der Waals surface area contributed by atoms with E-state index < -0.39 is 34.6 Å². The fourth-order valence-corrected chi connectivity index (χ4v) is 18.4. The molecule has 12 heteroatoms. The first kappa shape index (κ1) is 75.7. The summed E-state index contributed by atoms with van der Waals surface area (Å²) in [5.41, 5.74) is 26.0. The van der Waals surface area contributed by atoms with Crippen LogP contribution in [0.25, 0.3) is 166 Å². The van der Waals surface area contributed by atoms with Crippen LogP contribution in [0.4, 0.5) is 60.5 Å². The predicted molar refractivity (Wildman–Crippen MR) is 507 cm³/mol. The second kappa shape index (κ2) is 31.5. The fourth-order valence-electron chi connectivity index (χ4n) is 18.4. The van der Waals surface area contributed by atoms with Gasteiger partial charge in [0.25, 0.3) is 0 Å². The number of benzene rings is 19. The highest BCUT2D eigenvalue weighted by Gasteiger charge is 2.28. The molecule has 23 aromatic rings. The van der Waals surface area contributed by atoms with Crippen molar-refractivity contribution < 1.29 is 26.3 Å². The lowest BCUT2D eigenvalue weighted by molar-refractivity contribution is 0.381. The molecule has 19 aromatic carbocycles. The van der Waals surface area contributed by atoms with E-state index in [2.05, 4.69) is 351 Å². The maximum absolute atomic E-state index is 15.0. The highest BCUT2D eigenvalue weighted by Crippen LogP contribution is 2.46. The van der Waals surface area contributed by atoms with Gasteiger partial charge in [0.1, 0.15) is 5.82 Å². The van der Waals surface area contributed by atoms with Gasteiger partial charge in [0.2, 0.25) is 5.82 Å². The molecule has 0 bridgehead atoms. The first-order valence-corrected chi connectivity index (χ1v) is 41.7. The van der Waals surface area contributed by atoms with Crippen molar-refractivity contribution in [2.75, 3.05) is 9.80 Å². The van der Waals surface area contributed by atoms with Crippen molar-refractivity contribution in [3.63, 3.8) is 0 Å². The summed E-state index contributed by atoms with van der Waals surface area (Å²) in [4.78, 5) is 4.31. The molecule has 126 heavy (non-hydrogen) atoms. The Balaban J connectivity index is 0.000000151. The molecule has 6 nitrogen and oxygen atoms in total. The molecule has 0 fully saturated rings. The van der Waals surface area contributed by atoms with Gasteiger partial charge in [0.05, 0.1) is 49.7 Å². The molecule has 4 heterocycles. The molecular weight excluding hydrogens is 1570 g/mol. The number of hydrogen-bond donors (Lipinski definition) is 0. The van der Waals surface area contributed by atoms with Gasteiger partial charge in [-0.05, 0) is 238 Å². The lowest BCUT2D eigenvalue weighted by Crippen LogP contribution is -2.10.